The first-order valence-electron chi connectivity index (χ1n) is 6.93. The van der Waals surface area contributed by atoms with Gasteiger partial charge in [0.1, 0.15) is 6.54 Å². The van der Waals surface area contributed by atoms with E-state index < -0.39 is 17.2 Å². The molecule has 0 aliphatic carbocycles. The SMILES string of the molecule is CN(C)C(=O)CNC(=O)Cn1c(Cl)nc2c1c(=O)n(C)c(=O)n2C. The Morgan fingerprint density at radius 3 is 2.42 bits per heavy atom. The van der Waals surface area contributed by atoms with E-state index in [1.807, 2.05) is 0 Å². The number of hydrogen-bond donors (Lipinski definition) is 1. The molecular weight excluding hydrogens is 340 g/mol. The predicted octanol–water partition coefficient (Wildman–Crippen LogP) is -1.71. The van der Waals surface area contributed by atoms with Crippen LogP contribution in [-0.2, 0) is 30.2 Å². The molecule has 2 aromatic rings. The van der Waals surface area contributed by atoms with Crippen LogP contribution >= 0.6 is 11.6 Å². The molecule has 2 amide bonds. The summed E-state index contributed by atoms with van der Waals surface area (Å²) in [5.74, 6) is -0.787. The maximum absolute atomic E-state index is 12.3. The molecule has 10 nitrogen and oxygen atoms in total. The van der Waals surface area contributed by atoms with Crippen molar-refractivity contribution in [3.8, 4) is 0 Å². The van der Waals surface area contributed by atoms with Gasteiger partial charge in [-0.2, -0.15) is 4.98 Å². The minimum atomic E-state index is -0.607. The van der Waals surface area contributed by atoms with Crippen molar-refractivity contribution in [1.82, 2.24) is 28.9 Å². The normalized spacial score (nSPS) is 10.9. The molecule has 2 rings (SSSR count). The summed E-state index contributed by atoms with van der Waals surface area (Å²) in [4.78, 5) is 53.0. The third kappa shape index (κ3) is 3.04. The van der Waals surface area contributed by atoms with Crippen LogP contribution in [0.4, 0.5) is 0 Å². The van der Waals surface area contributed by atoms with Gasteiger partial charge in [0.05, 0.1) is 6.54 Å². The molecule has 0 saturated heterocycles. The third-order valence-electron chi connectivity index (χ3n) is 3.54. The number of carbonyl (C=O) groups is 2. The number of halogens is 1. The molecule has 2 aromatic heterocycles. The molecule has 2 heterocycles. The molecule has 24 heavy (non-hydrogen) atoms. The van der Waals surface area contributed by atoms with Gasteiger partial charge in [0.25, 0.3) is 5.56 Å². The largest absolute Gasteiger partial charge is 0.347 e. The van der Waals surface area contributed by atoms with Crippen LogP contribution in [0.5, 0.6) is 0 Å². The second-order valence-corrected chi connectivity index (χ2v) is 5.75. The van der Waals surface area contributed by atoms with E-state index >= 15 is 0 Å². The average molecular weight is 357 g/mol. The van der Waals surface area contributed by atoms with Crippen molar-refractivity contribution >= 4 is 34.6 Å². The summed E-state index contributed by atoms with van der Waals surface area (Å²) >= 11 is 6.01. The first-order valence-corrected chi connectivity index (χ1v) is 7.31. The summed E-state index contributed by atoms with van der Waals surface area (Å²) in [6.07, 6.45) is 0. The van der Waals surface area contributed by atoms with Crippen LogP contribution in [0.3, 0.4) is 0 Å². The molecular formula is C13H17ClN6O4. The summed E-state index contributed by atoms with van der Waals surface area (Å²) in [5, 5.41) is 2.34. The summed E-state index contributed by atoms with van der Waals surface area (Å²) in [6, 6.07) is 0. The molecule has 1 N–H and O–H groups in total. The molecule has 0 atom stereocenters. The molecule has 0 aromatic carbocycles. The monoisotopic (exact) mass is 356 g/mol. The Bertz CT molecular complexity index is 939. The fourth-order valence-corrected chi connectivity index (χ4v) is 2.32. The van der Waals surface area contributed by atoms with Crippen molar-refractivity contribution in [2.45, 2.75) is 6.54 Å². The minimum Gasteiger partial charge on any atom is -0.347 e. The smallest absolute Gasteiger partial charge is 0.332 e. The number of rotatable bonds is 4. The van der Waals surface area contributed by atoms with Crippen molar-refractivity contribution in [3.05, 3.63) is 26.1 Å². The number of imidazole rings is 1. The van der Waals surface area contributed by atoms with Gasteiger partial charge in [0, 0.05) is 28.2 Å². The van der Waals surface area contributed by atoms with E-state index in [4.69, 9.17) is 11.6 Å². The summed E-state index contributed by atoms with van der Waals surface area (Å²) in [5.41, 5.74) is -1.02. The third-order valence-corrected chi connectivity index (χ3v) is 3.83. The average Bonchev–Trinajstić information content (AvgIpc) is 2.85. The van der Waals surface area contributed by atoms with Gasteiger partial charge in [-0.05, 0) is 11.6 Å². The van der Waals surface area contributed by atoms with Crippen molar-refractivity contribution in [1.29, 1.82) is 0 Å². The molecule has 0 bridgehead atoms. The highest BCUT2D eigenvalue weighted by molar-refractivity contribution is 6.29. The molecule has 0 unspecified atom stereocenters. The number of carbonyl (C=O) groups excluding carboxylic acids is 2. The topological polar surface area (TPSA) is 111 Å². The molecule has 0 fully saturated rings. The highest BCUT2D eigenvalue weighted by Crippen LogP contribution is 2.15. The van der Waals surface area contributed by atoms with Crippen LogP contribution in [0.2, 0.25) is 5.28 Å². The number of nitrogens with one attached hydrogen (secondary N) is 1. The highest BCUT2D eigenvalue weighted by atomic mass is 35.5. The Labute approximate surface area is 141 Å². The van der Waals surface area contributed by atoms with Gasteiger partial charge < -0.3 is 10.2 Å². The van der Waals surface area contributed by atoms with Crippen molar-refractivity contribution < 1.29 is 9.59 Å². The van der Waals surface area contributed by atoms with Crippen molar-refractivity contribution in [2.24, 2.45) is 14.1 Å². The standard InChI is InChI=1S/C13H17ClN6O4/c1-17(2)8(22)5-15-7(21)6-20-9-10(16-12(20)14)18(3)13(24)19(4)11(9)23/h5-6H2,1-4H3,(H,15,21). The van der Waals surface area contributed by atoms with Crippen molar-refractivity contribution in [3.63, 3.8) is 0 Å². The predicted molar refractivity (Wildman–Crippen MR) is 86.9 cm³/mol. The number of nitrogens with zero attached hydrogens (tertiary/aromatic N) is 5. The Morgan fingerprint density at radius 2 is 1.83 bits per heavy atom. The quantitative estimate of drug-likeness (QED) is 0.656. The zero-order valence-electron chi connectivity index (χ0n) is 13.7. The number of likely N-dealkylation sites (N-methyl/N-ethyl adjacent to an activating group) is 1. The van der Waals surface area contributed by atoms with Crippen molar-refractivity contribution in [2.75, 3.05) is 20.6 Å². The molecule has 130 valence electrons. The summed E-state index contributed by atoms with van der Waals surface area (Å²) in [7, 11) is 5.91. The van der Waals surface area contributed by atoms with Gasteiger partial charge in [-0.25, -0.2) is 4.79 Å². The van der Waals surface area contributed by atoms with Crippen LogP contribution in [0.15, 0.2) is 9.59 Å². The molecule has 0 radical (unpaired) electrons. The number of hydrogen-bond acceptors (Lipinski definition) is 5. The first-order chi connectivity index (χ1) is 11.1. The van der Waals surface area contributed by atoms with Gasteiger partial charge in [0.2, 0.25) is 17.1 Å². The zero-order chi connectivity index (χ0) is 18.2. The number of aryl methyl sites for hydroxylation is 1. The number of aromatic nitrogens is 4. The first kappa shape index (κ1) is 17.7. The lowest BCUT2D eigenvalue weighted by atomic mass is 10.4. The van der Waals surface area contributed by atoms with Gasteiger partial charge in [0.15, 0.2) is 11.2 Å². The molecule has 0 spiro atoms. The summed E-state index contributed by atoms with van der Waals surface area (Å²) < 4.78 is 3.28. The second-order valence-electron chi connectivity index (χ2n) is 5.41. The Balaban J connectivity index is 2.38. The van der Waals surface area contributed by atoms with Gasteiger partial charge >= 0.3 is 5.69 Å². The van der Waals surface area contributed by atoms with E-state index in [0.717, 1.165) is 4.57 Å². The lowest BCUT2D eigenvalue weighted by Gasteiger charge is -2.11. The highest BCUT2D eigenvalue weighted by Gasteiger charge is 2.20. The van der Waals surface area contributed by atoms with Crippen LogP contribution in [0, 0.1) is 0 Å². The summed E-state index contributed by atoms with van der Waals surface area (Å²) in [6.45, 7) is -0.476. The van der Waals surface area contributed by atoms with E-state index in [2.05, 4.69) is 10.3 Å². The molecule has 0 aliphatic rings. The number of fused-ring (bicyclic) bond motifs is 1. The molecule has 11 heteroatoms. The van der Waals surface area contributed by atoms with Crippen LogP contribution < -0.4 is 16.6 Å². The number of amides is 2. The van der Waals surface area contributed by atoms with E-state index in [1.165, 1.54) is 28.1 Å². The second kappa shape index (κ2) is 6.48. The Kier molecular flexibility index (Phi) is 4.78. The van der Waals surface area contributed by atoms with Gasteiger partial charge in [-0.1, -0.05) is 0 Å². The van der Waals surface area contributed by atoms with E-state index in [1.54, 1.807) is 14.1 Å². The molecule has 0 aliphatic heterocycles. The molecule has 0 saturated carbocycles. The lowest BCUT2D eigenvalue weighted by molar-refractivity contribution is -0.131. The van der Waals surface area contributed by atoms with E-state index in [-0.39, 0.29) is 35.4 Å². The van der Waals surface area contributed by atoms with Gasteiger partial charge in [-0.3, -0.25) is 28.1 Å². The van der Waals surface area contributed by atoms with Crippen LogP contribution in [-0.4, -0.2) is 56.0 Å². The fourth-order valence-electron chi connectivity index (χ4n) is 2.10. The minimum absolute atomic E-state index is 0.0405. The van der Waals surface area contributed by atoms with Crippen LogP contribution in [0.25, 0.3) is 11.2 Å². The zero-order valence-corrected chi connectivity index (χ0v) is 14.4. The van der Waals surface area contributed by atoms with Crippen LogP contribution in [0.1, 0.15) is 0 Å². The Hall–Kier alpha value is -2.62. The maximum atomic E-state index is 12.3. The van der Waals surface area contributed by atoms with Gasteiger partial charge in [-0.15, -0.1) is 0 Å². The van der Waals surface area contributed by atoms with E-state index in [9.17, 15) is 19.2 Å². The maximum Gasteiger partial charge on any atom is 0.332 e. The van der Waals surface area contributed by atoms with E-state index in [0.29, 0.717) is 0 Å². The lowest BCUT2D eigenvalue weighted by Crippen LogP contribution is -2.39. The Morgan fingerprint density at radius 1 is 1.21 bits per heavy atom. The fraction of sp³-hybridized carbons (Fsp3) is 0.462.